The van der Waals surface area contributed by atoms with Crippen LogP contribution < -0.4 is 15.8 Å². The van der Waals surface area contributed by atoms with E-state index in [1.807, 2.05) is 32.0 Å². The zero-order valence-electron chi connectivity index (χ0n) is 15.8. The molecular formula is C20H26ClN3O3. The third kappa shape index (κ3) is 5.89. The predicted molar refractivity (Wildman–Crippen MR) is 111 cm³/mol. The maximum atomic E-state index is 12.9. The molecule has 6 nitrogen and oxygen atoms in total. The third-order valence-corrected chi connectivity index (χ3v) is 3.99. The first-order valence-electron chi connectivity index (χ1n) is 8.54. The Hall–Kier alpha value is -2.73. The summed E-state index contributed by atoms with van der Waals surface area (Å²) in [6.45, 7) is 4.25. The number of methoxy groups -OCH3 is 1. The topological polar surface area (TPSA) is 84.7 Å². The fraction of sp³-hybridized carbons (Fsp3) is 0.300. The minimum Gasteiger partial charge on any atom is -0.495 e. The van der Waals surface area contributed by atoms with Gasteiger partial charge in [-0.15, -0.1) is 12.4 Å². The summed E-state index contributed by atoms with van der Waals surface area (Å²) in [6.07, 6.45) is 0.745. The van der Waals surface area contributed by atoms with Gasteiger partial charge in [-0.25, -0.2) is 0 Å². The van der Waals surface area contributed by atoms with Crippen molar-refractivity contribution in [2.75, 3.05) is 31.2 Å². The molecule has 0 unspecified atom stereocenters. The third-order valence-electron chi connectivity index (χ3n) is 3.99. The summed E-state index contributed by atoms with van der Waals surface area (Å²) < 4.78 is 5.24. The van der Waals surface area contributed by atoms with Crippen LogP contribution in [-0.4, -0.2) is 36.9 Å². The number of nitrogens with one attached hydrogen (secondary N) is 1. The number of halogens is 1. The molecule has 2 aromatic carbocycles. The maximum Gasteiger partial charge on any atom is 0.254 e. The molecule has 146 valence electrons. The van der Waals surface area contributed by atoms with Gasteiger partial charge in [-0.2, -0.15) is 0 Å². The van der Waals surface area contributed by atoms with Gasteiger partial charge in [0, 0.05) is 17.8 Å². The summed E-state index contributed by atoms with van der Waals surface area (Å²) >= 11 is 0. The molecule has 3 N–H and O–H groups in total. The Kier molecular flexibility index (Phi) is 8.62. The minimum absolute atomic E-state index is 0. The zero-order chi connectivity index (χ0) is 19.1. The Bertz CT molecular complexity index is 796. The number of aryl methyl sites for hydroxylation is 1. The van der Waals surface area contributed by atoms with Crippen molar-refractivity contribution in [1.29, 1.82) is 0 Å². The van der Waals surface area contributed by atoms with Crippen LogP contribution in [-0.2, 0) is 4.79 Å². The van der Waals surface area contributed by atoms with Gasteiger partial charge >= 0.3 is 0 Å². The van der Waals surface area contributed by atoms with E-state index in [9.17, 15) is 9.59 Å². The summed E-state index contributed by atoms with van der Waals surface area (Å²) in [5.74, 6) is 0.0885. The number of nitrogens with zero attached hydrogens (tertiary/aromatic N) is 1. The highest BCUT2D eigenvalue weighted by Crippen LogP contribution is 2.23. The van der Waals surface area contributed by atoms with E-state index in [0.717, 1.165) is 12.0 Å². The van der Waals surface area contributed by atoms with E-state index < -0.39 is 0 Å². The van der Waals surface area contributed by atoms with Gasteiger partial charge in [0.1, 0.15) is 12.3 Å². The molecular weight excluding hydrogens is 366 g/mol. The van der Waals surface area contributed by atoms with E-state index in [4.69, 9.17) is 10.5 Å². The number of nitrogen functional groups attached to an aromatic ring is 1. The van der Waals surface area contributed by atoms with Crippen LogP contribution in [0.4, 0.5) is 11.4 Å². The Morgan fingerprint density at radius 2 is 1.89 bits per heavy atom. The number of para-hydroxylation sites is 2. The van der Waals surface area contributed by atoms with Gasteiger partial charge < -0.3 is 20.7 Å². The summed E-state index contributed by atoms with van der Waals surface area (Å²) in [5.41, 5.74) is 8.25. The molecule has 0 radical (unpaired) electrons. The number of hydrogen-bond acceptors (Lipinski definition) is 4. The molecule has 0 atom stereocenters. The number of nitrogens with two attached hydrogens (primary N) is 1. The van der Waals surface area contributed by atoms with Crippen molar-refractivity contribution in [2.24, 2.45) is 0 Å². The van der Waals surface area contributed by atoms with Crippen molar-refractivity contribution in [3.63, 3.8) is 0 Å². The van der Waals surface area contributed by atoms with Crippen molar-refractivity contribution in [1.82, 2.24) is 4.90 Å². The zero-order valence-corrected chi connectivity index (χ0v) is 16.6. The van der Waals surface area contributed by atoms with Crippen molar-refractivity contribution in [3.8, 4) is 5.75 Å². The Balaban J connectivity index is 0.00000364. The molecule has 0 aromatic heterocycles. The highest BCUT2D eigenvalue weighted by Gasteiger charge is 2.20. The molecule has 2 amide bonds. The smallest absolute Gasteiger partial charge is 0.254 e. The van der Waals surface area contributed by atoms with Crippen LogP contribution in [0, 0.1) is 6.92 Å². The quantitative estimate of drug-likeness (QED) is 0.707. The van der Waals surface area contributed by atoms with Crippen LogP contribution in [0.15, 0.2) is 42.5 Å². The number of rotatable bonds is 7. The first kappa shape index (κ1) is 22.3. The number of hydrogen-bond donors (Lipinski definition) is 2. The predicted octanol–water partition coefficient (Wildman–Crippen LogP) is 3.50. The van der Waals surface area contributed by atoms with Gasteiger partial charge in [0.15, 0.2) is 0 Å². The molecule has 0 aliphatic heterocycles. The Labute approximate surface area is 166 Å². The lowest BCUT2D eigenvalue weighted by atomic mass is 10.1. The average molecular weight is 392 g/mol. The van der Waals surface area contributed by atoms with Crippen molar-refractivity contribution < 1.29 is 14.3 Å². The van der Waals surface area contributed by atoms with Gasteiger partial charge in [0.25, 0.3) is 5.91 Å². The highest BCUT2D eigenvalue weighted by molar-refractivity contribution is 6.01. The van der Waals surface area contributed by atoms with Gasteiger partial charge in [-0.1, -0.05) is 25.1 Å². The number of benzene rings is 2. The summed E-state index contributed by atoms with van der Waals surface area (Å²) in [7, 11) is 1.54. The number of amides is 2. The summed E-state index contributed by atoms with van der Waals surface area (Å²) in [6, 6.07) is 12.4. The van der Waals surface area contributed by atoms with Crippen LogP contribution in [0.5, 0.6) is 5.75 Å². The first-order valence-corrected chi connectivity index (χ1v) is 8.54. The van der Waals surface area contributed by atoms with Crippen LogP contribution in [0.2, 0.25) is 0 Å². The van der Waals surface area contributed by atoms with Crippen LogP contribution >= 0.6 is 12.4 Å². The van der Waals surface area contributed by atoms with Crippen LogP contribution in [0.25, 0.3) is 0 Å². The van der Waals surface area contributed by atoms with Crippen molar-refractivity contribution in [2.45, 2.75) is 20.3 Å². The second-order valence-electron chi connectivity index (χ2n) is 6.05. The molecule has 0 heterocycles. The second kappa shape index (κ2) is 10.4. The second-order valence-corrected chi connectivity index (χ2v) is 6.05. The average Bonchev–Trinajstić information content (AvgIpc) is 2.63. The lowest BCUT2D eigenvalue weighted by Crippen LogP contribution is -2.38. The number of ether oxygens (including phenoxy) is 1. The molecule has 2 aromatic rings. The monoisotopic (exact) mass is 391 g/mol. The number of carbonyl (C=O) groups excluding carboxylic acids is 2. The first-order chi connectivity index (χ1) is 12.5. The van der Waals surface area contributed by atoms with Gasteiger partial charge in [0.2, 0.25) is 5.91 Å². The molecule has 0 spiro atoms. The summed E-state index contributed by atoms with van der Waals surface area (Å²) in [5, 5.41) is 2.80. The van der Waals surface area contributed by atoms with E-state index in [0.29, 0.717) is 29.2 Å². The molecule has 0 aliphatic rings. The van der Waals surface area contributed by atoms with Gasteiger partial charge in [-0.3, -0.25) is 9.59 Å². The normalized spacial score (nSPS) is 9.89. The maximum absolute atomic E-state index is 12.9. The lowest BCUT2D eigenvalue weighted by Gasteiger charge is -2.23. The molecule has 7 heteroatoms. The molecule has 0 bridgehead atoms. The van der Waals surface area contributed by atoms with E-state index in [1.54, 1.807) is 31.4 Å². The molecule has 0 saturated carbocycles. The molecule has 0 fully saturated rings. The van der Waals surface area contributed by atoms with E-state index >= 15 is 0 Å². The van der Waals surface area contributed by atoms with Crippen molar-refractivity contribution in [3.05, 3.63) is 53.6 Å². The summed E-state index contributed by atoms with van der Waals surface area (Å²) in [4.78, 5) is 26.9. The van der Waals surface area contributed by atoms with Crippen LogP contribution in [0.3, 0.4) is 0 Å². The standard InChI is InChI=1S/C20H25N3O3.ClH/c1-4-11-23(20(25)16-12-15(21)10-9-14(16)2)13-19(24)22-17-7-5-6-8-18(17)26-3;/h5-10,12H,4,11,13,21H2,1-3H3,(H,22,24);1H. The van der Waals surface area contributed by atoms with Gasteiger partial charge in [-0.05, 0) is 43.2 Å². The Morgan fingerprint density at radius 1 is 1.19 bits per heavy atom. The molecule has 0 aliphatic carbocycles. The SMILES string of the molecule is CCCN(CC(=O)Nc1ccccc1OC)C(=O)c1cc(N)ccc1C.Cl. The van der Waals surface area contributed by atoms with E-state index in [-0.39, 0.29) is 30.8 Å². The van der Waals surface area contributed by atoms with Crippen molar-refractivity contribution >= 4 is 35.6 Å². The lowest BCUT2D eigenvalue weighted by molar-refractivity contribution is -0.116. The van der Waals surface area contributed by atoms with Crippen LogP contribution in [0.1, 0.15) is 29.3 Å². The molecule has 2 rings (SSSR count). The highest BCUT2D eigenvalue weighted by atomic mass is 35.5. The number of anilines is 2. The largest absolute Gasteiger partial charge is 0.495 e. The van der Waals surface area contributed by atoms with E-state index in [2.05, 4.69) is 5.32 Å². The number of carbonyl (C=O) groups is 2. The van der Waals surface area contributed by atoms with Gasteiger partial charge in [0.05, 0.1) is 12.8 Å². The minimum atomic E-state index is -0.280. The Morgan fingerprint density at radius 3 is 2.56 bits per heavy atom. The van der Waals surface area contributed by atoms with E-state index in [1.165, 1.54) is 4.90 Å². The molecule has 0 saturated heterocycles. The molecule has 27 heavy (non-hydrogen) atoms. The fourth-order valence-corrected chi connectivity index (χ4v) is 2.67. The fourth-order valence-electron chi connectivity index (χ4n) is 2.67.